The molecule has 0 aliphatic carbocycles. The van der Waals surface area contributed by atoms with Crippen molar-refractivity contribution in [1.29, 1.82) is 0 Å². The van der Waals surface area contributed by atoms with Gasteiger partial charge in [0.1, 0.15) is 18.4 Å². The third-order valence-corrected chi connectivity index (χ3v) is 6.03. The van der Waals surface area contributed by atoms with Crippen LogP contribution in [0.2, 0.25) is 0 Å². The van der Waals surface area contributed by atoms with Crippen LogP contribution in [0.4, 0.5) is 4.79 Å². The second kappa shape index (κ2) is 13.6. The zero-order chi connectivity index (χ0) is 27.5. The molecule has 4 rings (SSSR count). The highest BCUT2D eigenvalue weighted by atomic mass is 16.5. The summed E-state index contributed by atoms with van der Waals surface area (Å²) in [6.45, 7) is 0.653. The Morgan fingerprint density at radius 3 is 2.41 bits per heavy atom. The van der Waals surface area contributed by atoms with Gasteiger partial charge in [-0.25, -0.2) is 4.79 Å². The lowest BCUT2D eigenvalue weighted by molar-refractivity contribution is -0.123. The van der Waals surface area contributed by atoms with Gasteiger partial charge in [0.05, 0.1) is 11.1 Å². The minimum Gasteiger partial charge on any atom is -0.508 e. The van der Waals surface area contributed by atoms with E-state index in [1.165, 1.54) is 18.3 Å². The topological polar surface area (TPSA) is 130 Å². The fraction of sp³-hybridized carbons (Fsp3) is 0.200. The number of nitrogens with zero attached hydrogens (tertiary/aromatic N) is 1. The highest BCUT2D eigenvalue weighted by Gasteiger charge is 2.21. The molecule has 0 fully saturated rings. The quantitative estimate of drug-likeness (QED) is 0.218. The Balaban J connectivity index is 1.33. The summed E-state index contributed by atoms with van der Waals surface area (Å²) in [7, 11) is 0. The van der Waals surface area contributed by atoms with Gasteiger partial charge in [0.2, 0.25) is 5.91 Å². The van der Waals surface area contributed by atoms with E-state index in [0.29, 0.717) is 12.0 Å². The molecule has 1 unspecified atom stereocenters. The minimum absolute atomic E-state index is 0.133. The molecule has 0 saturated carbocycles. The van der Waals surface area contributed by atoms with Crippen LogP contribution in [0.3, 0.4) is 0 Å². The first kappa shape index (κ1) is 27.1. The molecular formula is C30H30N4O5. The summed E-state index contributed by atoms with van der Waals surface area (Å²) in [5.41, 5.74) is 2.78. The first-order valence-electron chi connectivity index (χ1n) is 12.6. The summed E-state index contributed by atoms with van der Waals surface area (Å²) in [6.07, 6.45) is 1.63. The van der Waals surface area contributed by atoms with Crippen LogP contribution in [0.1, 0.15) is 34.3 Å². The lowest BCUT2D eigenvalue weighted by Crippen LogP contribution is -2.47. The molecule has 1 heterocycles. The molecule has 4 aromatic rings. The highest BCUT2D eigenvalue weighted by molar-refractivity contribution is 5.99. The minimum atomic E-state index is -0.844. The molecule has 0 aliphatic heterocycles. The third-order valence-electron chi connectivity index (χ3n) is 6.03. The zero-order valence-corrected chi connectivity index (χ0v) is 21.3. The Hall–Kier alpha value is -4.92. The van der Waals surface area contributed by atoms with E-state index in [9.17, 15) is 19.5 Å². The molecule has 0 spiro atoms. The Morgan fingerprint density at radius 1 is 0.872 bits per heavy atom. The summed E-state index contributed by atoms with van der Waals surface area (Å²) in [5, 5.41) is 18.6. The second-order valence-electron chi connectivity index (χ2n) is 8.96. The number of aromatic nitrogens is 1. The molecule has 0 saturated heterocycles. The number of carbonyl (C=O) groups is 3. The maximum absolute atomic E-state index is 13.0. The molecule has 3 aromatic carbocycles. The number of hydrogen-bond acceptors (Lipinski definition) is 6. The third kappa shape index (κ3) is 8.29. The van der Waals surface area contributed by atoms with Gasteiger partial charge < -0.3 is 25.8 Å². The normalized spacial score (nSPS) is 11.4. The fourth-order valence-corrected chi connectivity index (χ4v) is 3.90. The molecule has 39 heavy (non-hydrogen) atoms. The van der Waals surface area contributed by atoms with Crippen molar-refractivity contribution in [3.8, 4) is 5.75 Å². The molecule has 9 nitrogen and oxygen atoms in total. The number of phenols is 1. The molecule has 3 amide bonds. The predicted molar refractivity (Wildman–Crippen MR) is 147 cm³/mol. The smallest absolute Gasteiger partial charge is 0.407 e. The zero-order valence-electron chi connectivity index (χ0n) is 21.3. The van der Waals surface area contributed by atoms with E-state index >= 15 is 0 Å². The molecular weight excluding hydrogens is 496 g/mol. The van der Waals surface area contributed by atoms with Crippen molar-refractivity contribution in [3.63, 3.8) is 0 Å². The van der Waals surface area contributed by atoms with Gasteiger partial charge in [-0.2, -0.15) is 0 Å². The number of ether oxygens (including phenoxy) is 1. The van der Waals surface area contributed by atoms with Crippen molar-refractivity contribution in [2.75, 3.05) is 6.54 Å². The number of para-hydroxylation sites is 1. The molecule has 0 bridgehead atoms. The molecule has 0 radical (unpaired) electrons. The first-order chi connectivity index (χ1) is 19.0. The highest BCUT2D eigenvalue weighted by Crippen LogP contribution is 2.13. The summed E-state index contributed by atoms with van der Waals surface area (Å²) in [5.74, 6) is -0.654. The van der Waals surface area contributed by atoms with E-state index in [-0.39, 0.29) is 37.8 Å². The SMILES string of the molecule is O=C(NCCCC(NC(=O)c1cnc2ccccc2c1)C(=O)NCc1ccc(O)cc1)OCc1ccccc1. The molecule has 4 N–H and O–H groups in total. The Kier molecular flexibility index (Phi) is 9.44. The number of benzene rings is 3. The Labute approximate surface area is 226 Å². The van der Waals surface area contributed by atoms with Crippen LogP contribution in [-0.2, 0) is 22.7 Å². The van der Waals surface area contributed by atoms with E-state index < -0.39 is 18.0 Å². The van der Waals surface area contributed by atoms with E-state index in [1.807, 2.05) is 54.6 Å². The average Bonchev–Trinajstić information content (AvgIpc) is 2.97. The van der Waals surface area contributed by atoms with Gasteiger partial charge in [-0.05, 0) is 48.2 Å². The molecule has 9 heteroatoms. The monoisotopic (exact) mass is 526 g/mol. The van der Waals surface area contributed by atoms with Crippen LogP contribution >= 0.6 is 0 Å². The van der Waals surface area contributed by atoms with Crippen LogP contribution in [0, 0.1) is 0 Å². The fourth-order valence-electron chi connectivity index (χ4n) is 3.90. The van der Waals surface area contributed by atoms with E-state index in [2.05, 4.69) is 20.9 Å². The standard InChI is InChI=1S/C30H30N4O5/c35-25-14-12-21(13-15-25)18-33-29(37)27(11-6-16-31-30(38)39-20-22-7-2-1-3-8-22)34-28(36)24-17-23-9-4-5-10-26(23)32-19-24/h1-5,7-10,12-15,17,19,27,35H,6,11,16,18,20H2,(H,31,38)(H,33,37)(H,34,36). The van der Waals surface area contributed by atoms with E-state index in [4.69, 9.17) is 4.74 Å². The van der Waals surface area contributed by atoms with E-state index in [0.717, 1.165) is 22.0 Å². The lowest BCUT2D eigenvalue weighted by atomic mass is 10.1. The summed E-state index contributed by atoms with van der Waals surface area (Å²) in [4.78, 5) is 42.4. The largest absolute Gasteiger partial charge is 0.508 e. The van der Waals surface area contributed by atoms with Gasteiger partial charge in [-0.3, -0.25) is 14.6 Å². The number of phenolic OH excluding ortho intramolecular Hbond substituents is 1. The number of aromatic hydroxyl groups is 1. The van der Waals surface area contributed by atoms with Crippen LogP contribution < -0.4 is 16.0 Å². The molecule has 200 valence electrons. The Bertz CT molecular complexity index is 1410. The van der Waals surface area contributed by atoms with Gasteiger partial charge in [-0.15, -0.1) is 0 Å². The average molecular weight is 527 g/mol. The van der Waals surface area contributed by atoms with Crippen molar-refractivity contribution in [2.45, 2.75) is 32.0 Å². The number of alkyl carbamates (subject to hydrolysis) is 1. The number of nitrogens with one attached hydrogen (secondary N) is 3. The van der Waals surface area contributed by atoms with Gasteiger partial charge in [0.15, 0.2) is 0 Å². The van der Waals surface area contributed by atoms with Crippen molar-refractivity contribution in [1.82, 2.24) is 20.9 Å². The van der Waals surface area contributed by atoms with Crippen LogP contribution in [-0.4, -0.2) is 40.6 Å². The first-order valence-corrected chi connectivity index (χ1v) is 12.6. The van der Waals surface area contributed by atoms with E-state index in [1.54, 1.807) is 18.2 Å². The number of pyridine rings is 1. The van der Waals surface area contributed by atoms with Crippen molar-refractivity contribution < 1.29 is 24.2 Å². The summed E-state index contributed by atoms with van der Waals surface area (Å²) < 4.78 is 5.21. The van der Waals surface area contributed by atoms with Gasteiger partial charge in [0, 0.05) is 24.7 Å². The van der Waals surface area contributed by atoms with Crippen molar-refractivity contribution >= 4 is 28.8 Å². The number of carbonyl (C=O) groups excluding carboxylic acids is 3. The van der Waals surface area contributed by atoms with Gasteiger partial charge in [-0.1, -0.05) is 60.7 Å². The van der Waals surface area contributed by atoms with Crippen molar-refractivity contribution in [2.24, 2.45) is 0 Å². The number of fused-ring (bicyclic) bond motifs is 1. The maximum Gasteiger partial charge on any atom is 0.407 e. The summed E-state index contributed by atoms with van der Waals surface area (Å²) >= 11 is 0. The van der Waals surface area contributed by atoms with Crippen LogP contribution in [0.25, 0.3) is 10.9 Å². The van der Waals surface area contributed by atoms with Crippen LogP contribution in [0.15, 0.2) is 91.1 Å². The predicted octanol–water partition coefficient (Wildman–Crippen LogP) is 4.06. The summed E-state index contributed by atoms with van der Waals surface area (Å²) in [6, 6.07) is 24.2. The van der Waals surface area contributed by atoms with Crippen molar-refractivity contribution in [3.05, 3.63) is 108 Å². The second-order valence-corrected chi connectivity index (χ2v) is 8.96. The maximum atomic E-state index is 13.0. The Morgan fingerprint density at radius 2 is 1.62 bits per heavy atom. The van der Waals surface area contributed by atoms with Gasteiger partial charge >= 0.3 is 6.09 Å². The number of hydrogen-bond donors (Lipinski definition) is 4. The molecule has 0 aliphatic rings. The number of rotatable bonds is 11. The molecule has 1 aromatic heterocycles. The van der Waals surface area contributed by atoms with Gasteiger partial charge in [0.25, 0.3) is 5.91 Å². The molecule has 1 atom stereocenters. The lowest BCUT2D eigenvalue weighted by Gasteiger charge is -2.19. The number of amides is 3. The van der Waals surface area contributed by atoms with Crippen LogP contribution in [0.5, 0.6) is 5.75 Å².